The maximum absolute atomic E-state index is 11.8. The summed E-state index contributed by atoms with van der Waals surface area (Å²) in [4.78, 5) is 25.4. The highest BCUT2D eigenvalue weighted by Gasteiger charge is 2.19. The van der Waals surface area contributed by atoms with E-state index in [9.17, 15) is 9.59 Å². The van der Waals surface area contributed by atoms with Crippen molar-refractivity contribution in [2.45, 2.75) is 13.0 Å². The van der Waals surface area contributed by atoms with Gasteiger partial charge in [-0.05, 0) is 18.4 Å². The minimum Gasteiger partial charge on any atom is -0.481 e. The topological polar surface area (TPSA) is 55.8 Å². The van der Waals surface area contributed by atoms with Gasteiger partial charge in [0.05, 0.1) is 7.11 Å². The lowest BCUT2D eigenvalue weighted by molar-refractivity contribution is -0.120. The quantitative estimate of drug-likeness (QED) is 0.590. The lowest BCUT2D eigenvalue weighted by atomic mass is 10.2. The van der Waals surface area contributed by atoms with Crippen LogP contribution in [0.2, 0.25) is 0 Å². The van der Waals surface area contributed by atoms with Crippen molar-refractivity contribution >= 4 is 23.1 Å². The van der Waals surface area contributed by atoms with Crippen molar-refractivity contribution in [3.05, 3.63) is 28.6 Å². The van der Waals surface area contributed by atoms with Crippen LogP contribution in [-0.2, 0) is 9.53 Å². The standard InChI is InChI=1S/C13H17NO4S/c1-9(10(15)5-7-14(2)3)18-11-6-8-19-12(11)13(16)17-4/h5-9H,1-4H3/b7-5+/t9-/m1/s1. The summed E-state index contributed by atoms with van der Waals surface area (Å²) in [5.74, 6) is -0.264. The van der Waals surface area contributed by atoms with E-state index < -0.39 is 12.1 Å². The van der Waals surface area contributed by atoms with Crippen LogP contribution in [0.15, 0.2) is 23.7 Å². The Labute approximate surface area is 116 Å². The third kappa shape index (κ3) is 4.40. The molecule has 0 radical (unpaired) electrons. The number of ether oxygens (including phenoxy) is 2. The molecule has 104 valence electrons. The third-order valence-electron chi connectivity index (χ3n) is 2.24. The first-order valence-electron chi connectivity index (χ1n) is 5.66. The monoisotopic (exact) mass is 283 g/mol. The number of ketones is 1. The van der Waals surface area contributed by atoms with Crippen molar-refractivity contribution in [3.63, 3.8) is 0 Å². The maximum Gasteiger partial charge on any atom is 0.351 e. The van der Waals surface area contributed by atoms with Crippen molar-refractivity contribution in [1.82, 2.24) is 4.90 Å². The molecule has 19 heavy (non-hydrogen) atoms. The molecular formula is C13H17NO4S. The summed E-state index contributed by atoms with van der Waals surface area (Å²) in [6.45, 7) is 1.64. The molecule has 0 aliphatic rings. The van der Waals surface area contributed by atoms with Crippen LogP contribution < -0.4 is 4.74 Å². The van der Waals surface area contributed by atoms with Gasteiger partial charge >= 0.3 is 5.97 Å². The van der Waals surface area contributed by atoms with Gasteiger partial charge in [0.15, 0.2) is 16.8 Å². The van der Waals surface area contributed by atoms with E-state index in [1.807, 2.05) is 14.1 Å². The molecule has 0 saturated heterocycles. The lowest BCUT2D eigenvalue weighted by Gasteiger charge is -2.12. The number of rotatable bonds is 6. The average Bonchev–Trinajstić information content (AvgIpc) is 2.82. The summed E-state index contributed by atoms with van der Waals surface area (Å²) in [6.07, 6.45) is 2.43. The third-order valence-corrected chi connectivity index (χ3v) is 3.12. The van der Waals surface area contributed by atoms with Crippen LogP contribution in [0.1, 0.15) is 16.6 Å². The van der Waals surface area contributed by atoms with Crippen LogP contribution in [0, 0.1) is 0 Å². The molecule has 1 heterocycles. The maximum atomic E-state index is 11.8. The fourth-order valence-corrected chi connectivity index (χ4v) is 1.98. The van der Waals surface area contributed by atoms with E-state index in [-0.39, 0.29) is 5.78 Å². The zero-order chi connectivity index (χ0) is 14.4. The molecule has 0 aliphatic heterocycles. The molecule has 5 nitrogen and oxygen atoms in total. The molecule has 1 atom stereocenters. The fourth-order valence-electron chi connectivity index (χ4n) is 1.24. The van der Waals surface area contributed by atoms with Gasteiger partial charge in [0.2, 0.25) is 0 Å². The van der Waals surface area contributed by atoms with Gasteiger partial charge in [-0.3, -0.25) is 4.79 Å². The predicted octanol–water partition coefficient (Wildman–Crippen LogP) is 1.95. The van der Waals surface area contributed by atoms with Gasteiger partial charge in [0, 0.05) is 26.4 Å². The van der Waals surface area contributed by atoms with Gasteiger partial charge in [0.1, 0.15) is 5.75 Å². The molecule has 6 heteroatoms. The minimum absolute atomic E-state index is 0.171. The Balaban J connectivity index is 2.72. The average molecular weight is 283 g/mol. The van der Waals surface area contributed by atoms with Gasteiger partial charge < -0.3 is 14.4 Å². The number of carbonyl (C=O) groups is 2. The van der Waals surface area contributed by atoms with Crippen molar-refractivity contribution in [2.24, 2.45) is 0 Å². The van der Waals surface area contributed by atoms with Crippen molar-refractivity contribution < 1.29 is 19.1 Å². The smallest absolute Gasteiger partial charge is 0.351 e. The van der Waals surface area contributed by atoms with E-state index in [4.69, 9.17) is 4.74 Å². The van der Waals surface area contributed by atoms with E-state index in [0.29, 0.717) is 10.6 Å². The molecule has 0 saturated carbocycles. The molecule has 0 aliphatic carbocycles. The van der Waals surface area contributed by atoms with Crippen LogP contribution in [0.25, 0.3) is 0 Å². The highest BCUT2D eigenvalue weighted by molar-refractivity contribution is 7.12. The van der Waals surface area contributed by atoms with Gasteiger partial charge in [0.25, 0.3) is 0 Å². The molecule has 1 rings (SSSR count). The van der Waals surface area contributed by atoms with Crippen LogP contribution in [0.4, 0.5) is 0 Å². The highest BCUT2D eigenvalue weighted by atomic mass is 32.1. The van der Waals surface area contributed by atoms with E-state index in [2.05, 4.69) is 4.74 Å². The van der Waals surface area contributed by atoms with Gasteiger partial charge in [-0.1, -0.05) is 0 Å². The fraction of sp³-hybridized carbons (Fsp3) is 0.385. The molecule has 0 spiro atoms. The molecule has 1 aromatic heterocycles. The van der Waals surface area contributed by atoms with Gasteiger partial charge in [-0.25, -0.2) is 4.79 Å². The Morgan fingerprint density at radius 1 is 1.42 bits per heavy atom. The first kappa shape index (κ1) is 15.2. The van der Waals surface area contributed by atoms with Crippen molar-refractivity contribution in [3.8, 4) is 5.75 Å². The van der Waals surface area contributed by atoms with Crippen LogP contribution in [0.3, 0.4) is 0 Å². The Kier molecular flexibility index (Phi) is 5.57. The first-order valence-corrected chi connectivity index (χ1v) is 6.54. The Morgan fingerprint density at radius 2 is 2.11 bits per heavy atom. The summed E-state index contributed by atoms with van der Waals surface area (Å²) in [5, 5.41) is 1.72. The SMILES string of the molecule is COC(=O)c1sccc1O[C@H](C)C(=O)/C=C/N(C)C. The molecule has 0 fully saturated rings. The predicted molar refractivity (Wildman–Crippen MR) is 73.6 cm³/mol. The van der Waals surface area contributed by atoms with Crippen molar-refractivity contribution in [1.29, 1.82) is 0 Å². The largest absolute Gasteiger partial charge is 0.481 e. The second kappa shape index (κ2) is 6.94. The number of esters is 1. The number of methoxy groups -OCH3 is 1. The zero-order valence-corrected chi connectivity index (χ0v) is 12.2. The Morgan fingerprint density at radius 3 is 2.68 bits per heavy atom. The normalized spacial score (nSPS) is 12.2. The highest BCUT2D eigenvalue weighted by Crippen LogP contribution is 2.26. The van der Waals surface area contributed by atoms with Gasteiger partial charge in [-0.2, -0.15) is 0 Å². The summed E-state index contributed by atoms with van der Waals surface area (Å²) in [5.41, 5.74) is 0. The molecular weight excluding hydrogens is 266 g/mol. The van der Waals surface area contributed by atoms with E-state index in [1.54, 1.807) is 29.5 Å². The van der Waals surface area contributed by atoms with Gasteiger partial charge in [-0.15, -0.1) is 11.3 Å². The minimum atomic E-state index is -0.658. The van der Waals surface area contributed by atoms with Crippen LogP contribution >= 0.6 is 11.3 Å². The lowest BCUT2D eigenvalue weighted by Crippen LogP contribution is -2.23. The molecule has 0 N–H and O–H groups in total. The molecule has 0 aromatic carbocycles. The first-order chi connectivity index (χ1) is 8.95. The number of hydrogen-bond acceptors (Lipinski definition) is 6. The Bertz CT molecular complexity index is 479. The molecule has 0 amide bonds. The summed E-state index contributed by atoms with van der Waals surface area (Å²) >= 11 is 1.22. The molecule has 0 bridgehead atoms. The zero-order valence-electron chi connectivity index (χ0n) is 11.4. The number of hydrogen-bond donors (Lipinski definition) is 0. The number of carbonyl (C=O) groups excluding carboxylic acids is 2. The van der Waals surface area contributed by atoms with E-state index in [1.165, 1.54) is 24.5 Å². The number of nitrogens with zero attached hydrogens (tertiary/aromatic N) is 1. The second-order valence-corrected chi connectivity index (χ2v) is 4.96. The number of thiophene rings is 1. The van der Waals surface area contributed by atoms with E-state index >= 15 is 0 Å². The molecule has 1 aromatic rings. The summed E-state index contributed by atoms with van der Waals surface area (Å²) < 4.78 is 10.1. The second-order valence-electron chi connectivity index (χ2n) is 4.05. The molecule has 0 unspecified atom stereocenters. The van der Waals surface area contributed by atoms with E-state index in [0.717, 1.165) is 0 Å². The van der Waals surface area contributed by atoms with Crippen molar-refractivity contribution in [2.75, 3.05) is 21.2 Å². The van der Waals surface area contributed by atoms with Crippen LogP contribution in [-0.4, -0.2) is 44.0 Å². The van der Waals surface area contributed by atoms with Crippen LogP contribution in [0.5, 0.6) is 5.75 Å². The Hall–Kier alpha value is -1.82. The summed E-state index contributed by atoms with van der Waals surface area (Å²) in [7, 11) is 4.95. The summed E-state index contributed by atoms with van der Waals surface area (Å²) in [6, 6.07) is 1.65.